The number of aromatic nitrogens is 1. The molecule has 1 aromatic rings. The molecule has 3 heterocycles. The van der Waals surface area contributed by atoms with Crippen molar-refractivity contribution in [1.82, 2.24) is 19.7 Å². The zero-order valence-electron chi connectivity index (χ0n) is 15.1. The third kappa shape index (κ3) is 4.03. The first kappa shape index (κ1) is 17.5. The van der Waals surface area contributed by atoms with E-state index in [1.165, 1.54) is 0 Å². The van der Waals surface area contributed by atoms with Crippen molar-refractivity contribution in [3.05, 3.63) is 24.5 Å². The molecule has 25 heavy (non-hydrogen) atoms. The molecule has 0 spiro atoms. The summed E-state index contributed by atoms with van der Waals surface area (Å²) in [5.74, 6) is 0.135. The molecule has 7 heteroatoms. The van der Waals surface area contributed by atoms with Gasteiger partial charge in [0.25, 0.3) is 0 Å². The Kier molecular flexibility index (Phi) is 5.40. The van der Waals surface area contributed by atoms with Crippen LogP contribution in [0.25, 0.3) is 0 Å². The second-order valence-corrected chi connectivity index (χ2v) is 6.98. The lowest BCUT2D eigenvalue weighted by atomic mass is 9.96. The number of carbonyl (C=O) groups is 2. The smallest absolute Gasteiger partial charge is 0.319 e. The molecule has 1 aromatic heterocycles. The molecule has 0 aliphatic carbocycles. The van der Waals surface area contributed by atoms with Crippen LogP contribution in [0, 0.1) is 5.92 Å². The van der Waals surface area contributed by atoms with Gasteiger partial charge < -0.3 is 19.6 Å². The highest BCUT2D eigenvalue weighted by Crippen LogP contribution is 2.21. The number of rotatable bonds is 2. The number of anilines is 1. The molecule has 1 atom stereocenters. The molecule has 3 rings (SSSR count). The van der Waals surface area contributed by atoms with Gasteiger partial charge in [0, 0.05) is 71.4 Å². The van der Waals surface area contributed by atoms with Gasteiger partial charge in [-0.3, -0.25) is 9.78 Å². The van der Waals surface area contributed by atoms with Crippen LogP contribution in [0.3, 0.4) is 0 Å². The number of urea groups is 1. The van der Waals surface area contributed by atoms with Crippen molar-refractivity contribution >= 4 is 17.6 Å². The molecule has 2 fully saturated rings. The lowest BCUT2D eigenvalue weighted by Gasteiger charge is -2.40. The van der Waals surface area contributed by atoms with E-state index in [2.05, 4.69) is 9.88 Å². The summed E-state index contributed by atoms with van der Waals surface area (Å²) in [5, 5.41) is 0. The number of carbonyl (C=O) groups excluding carboxylic acids is 2. The van der Waals surface area contributed by atoms with Crippen LogP contribution in [-0.2, 0) is 4.79 Å². The molecule has 0 aromatic carbocycles. The maximum absolute atomic E-state index is 12.9. The molecule has 0 saturated carbocycles. The zero-order chi connectivity index (χ0) is 17.8. The Morgan fingerprint density at radius 2 is 1.72 bits per heavy atom. The van der Waals surface area contributed by atoms with Gasteiger partial charge in [0.15, 0.2) is 0 Å². The van der Waals surface area contributed by atoms with Crippen LogP contribution in [0.1, 0.15) is 12.8 Å². The van der Waals surface area contributed by atoms with Gasteiger partial charge in [-0.2, -0.15) is 0 Å². The van der Waals surface area contributed by atoms with Crippen LogP contribution in [0.5, 0.6) is 0 Å². The molecule has 2 aliphatic rings. The Hall–Kier alpha value is -2.31. The number of piperazine rings is 1. The SMILES string of the molecule is CN(C)C(=O)N1CCC[C@H](C(=O)N2CCN(c3ccncc3)CC2)C1. The fourth-order valence-electron chi connectivity index (χ4n) is 3.63. The molecule has 7 nitrogen and oxygen atoms in total. The Morgan fingerprint density at radius 3 is 2.36 bits per heavy atom. The van der Waals surface area contributed by atoms with Gasteiger partial charge >= 0.3 is 6.03 Å². The molecule has 0 unspecified atom stereocenters. The van der Waals surface area contributed by atoms with Crippen LogP contribution in [0.4, 0.5) is 10.5 Å². The summed E-state index contributed by atoms with van der Waals surface area (Å²) in [7, 11) is 3.51. The maximum atomic E-state index is 12.9. The average molecular weight is 345 g/mol. The Bertz CT molecular complexity index is 599. The predicted octanol–water partition coefficient (Wildman–Crippen LogP) is 1.12. The van der Waals surface area contributed by atoms with Crippen LogP contribution in [-0.4, -0.2) is 85.0 Å². The Balaban J connectivity index is 1.54. The summed E-state index contributed by atoms with van der Waals surface area (Å²) in [5.41, 5.74) is 1.16. The highest BCUT2D eigenvalue weighted by molar-refractivity contribution is 5.81. The number of piperidine rings is 1. The minimum atomic E-state index is -0.0647. The number of pyridine rings is 1. The van der Waals surface area contributed by atoms with Crippen LogP contribution in [0.15, 0.2) is 24.5 Å². The van der Waals surface area contributed by atoms with Crippen molar-refractivity contribution in [2.45, 2.75) is 12.8 Å². The van der Waals surface area contributed by atoms with Crippen LogP contribution >= 0.6 is 0 Å². The number of likely N-dealkylation sites (tertiary alicyclic amines) is 1. The fraction of sp³-hybridized carbons (Fsp3) is 0.611. The average Bonchev–Trinajstić information content (AvgIpc) is 2.67. The lowest BCUT2D eigenvalue weighted by Crippen LogP contribution is -2.53. The monoisotopic (exact) mass is 345 g/mol. The van der Waals surface area contributed by atoms with E-state index in [4.69, 9.17) is 0 Å². The van der Waals surface area contributed by atoms with E-state index < -0.39 is 0 Å². The van der Waals surface area contributed by atoms with Crippen molar-refractivity contribution in [3.8, 4) is 0 Å². The summed E-state index contributed by atoms with van der Waals surface area (Å²) in [6.07, 6.45) is 5.37. The summed E-state index contributed by atoms with van der Waals surface area (Å²) in [6.45, 7) is 4.43. The first-order chi connectivity index (χ1) is 12.1. The second kappa shape index (κ2) is 7.72. The van der Waals surface area contributed by atoms with E-state index in [9.17, 15) is 9.59 Å². The molecule has 3 amide bonds. The van der Waals surface area contributed by atoms with E-state index in [0.29, 0.717) is 6.54 Å². The second-order valence-electron chi connectivity index (χ2n) is 6.98. The van der Waals surface area contributed by atoms with Crippen molar-refractivity contribution in [2.24, 2.45) is 5.92 Å². The molecule has 2 saturated heterocycles. The third-order valence-corrected chi connectivity index (χ3v) is 5.04. The van der Waals surface area contributed by atoms with Gasteiger partial charge in [-0.1, -0.05) is 0 Å². The van der Waals surface area contributed by atoms with E-state index in [1.807, 2.05) is 17.0 Å². The number of amides is 3. The lowest BCUT2D eigenvalue weighted by molar-refractivity contribution is -0.137. The molecule has 0 bridgehead atoms. The summed E-state index contributed by atoms with van der Waals surface area (Å²) < 4.78 is 0. The highest BCUT2D eigenvalue weighted by Gasteiger charge is 2.33. The minimum absolute atomic E-state index is 0.00000590. The van der Waals surface area contributed by atoms with Gasteiger partial charge in [-0.05, 0) is 25.0 Å². The van der Waals surface area contributed by atoms with Gasteiger partial charge in [-0.15, -0.1) is 0 Å². The van der Waals surface area contributed by atoms with E-state index in [0.717, 1.165) is 51.3 Å². The number of nitrogens with zero attached hydrogens (tertiary/aromatic N) is 5. The molecule has 2 aliphatic heterocycles. The van der Waals surface area contributed by atoms with Crippen molar-refractivity contribution < 1.29 is 9.59 Å². The van der Waals surface area contributed by atoms with Gasteiger partial charge in [0.05, 0.1) is 5.92 Å². The molecule has 0 N–H and O–H groups in total. The quantitative estimate of drug-likeness (QED) is 0.806. The maximum Gasteiger partial charge on any atom is 0.319 e. The summed E-state index contributed by atoms with van der Waals surface area (Å²) in [4.78, 5) is 36.7. The Labute approximate surface area is 149 Å². The normalized spacial score (nSPS) is 21.2. The van der Waals surface area contributed by atoms with E-state index in [1.54, 1.807) is 36.3 Å². The van der Waals surface area contributed by atoms with Crippen LogP contribution < -0.4 is 4.90 Å². The third-order valence-electron chi connectivity index (χ3n) is 5.04. The van der Waals surface area contributed by atoms with Crippen molar-refractivity contribution in [3.63, 3.8) is 0 Å². The standard InChI is InChI=1S/C18H27N5O2/c1-20(2)18(25)23-9-3-4-15(14-23)17(24)22-12-10-21(11-13-22)16-5-7-19-8-6-16/h5-8,15H,3-4,9-14H2,1-2H3/t15-/m0/s1. The van der Waals surface area contributed by atoms with Crippen molar-refractivity contribution in [1.29, 1.82) is 0 Å². The molecule has 0 radical (unpaired) electrons. The highest BCUT2D eigenvalue weighted by atomic mass is 16.2. The fourth-order valence-corrected chi connectivity index (χ4v) is 3.63. The Morgan fingerprint density at radius 1 is 1.04 bits per heavy atom. The topological polar surface area (TPSA) is 60.0 Å². The van der Waals surface area contributed by atoms with Gasteiger partial charge in [-0.25, -0.2) is 4.79 Å². The first-order valence-electron chi connectivity index (χ1n) is 8.96. The largest absolute Gasteiger partial charge is 0.368 e. The molecular formula is C18H27N5O2. The zero-order valence-corrected chi connectivity index (χ0v) is 15.1. The molecule has 136 valence electrons. The molecular weight excluding hydrogens is 318 g/mol. The van der Waals surface area contributed by atoms with Crippen molar-refractivity contribution in [2.75, 3.05) is 58.3 Å². The van der Waals surface area contributed by atoms with E-state index in [-0.39, 0.29) is 17.9 Å². The first-order valence-corrected chi connectivity index (χ1v) is 8.96. The summed E-state index contributed by atoms with van der Waals surface area (Å²) >= 11 is 0. The van der Waals surface area contributed by atoms with Gasteiger partial charge in [0.1, 0.15) is 0 Å². The van der Waals surface area contributed by atoms with Gasteiger partial charge in [0.2, 0.25) is 5.91 Å². The predicted molar refractivity (Wildman–Crippen MR) is 96.4 cm³/mol. The van der Waals surface area contributed by atoms with Crippen LogP contribution in [0.2, 0.25) is 0 Å². The minimum Gasteiger partial charge on any atom is -0.368 e. The van der Waals surface area contributed by atoms with E-state index >= 15 is 0 Å². The number of hydrogen-bond donors (Lipinski definition) is 0. The summed E-state index contributed by atoms with van der Waals surface area (Å²) in [6, 6.07) is 4.01. The number of hydrogen-bond acceptors (Lipinski definition) is 4.